The van der Waals surface area contributed by atoms with E-state index in [0.29, 0.717) is 11.1 Å². The average molecular weight is 305 g/mol. The first kappa shape index (κ1) is 14.1. The summed E-state index contributed by atoms with van der Waals surface area (Å²) in [5, 5.41) is -0.0496. The molecule has 1 aliphatic rings. The zero-order chi connectivity index (χ0) is 15.2. The van der Waals surface area contributed by atoms with Crippen molar-refractivity contribution in [3.63, 3.8) is 0 Å². The fourth-order valence-electron chi connectivity index (χ4n) is 2.55. The van der Waals surface area contributed by atoms with Gasteiger partial charge in [0.05, 0.1) is 5.02 Å². The Bertz CT molecular complexity index is 738. The average Bonchev–Trinajstić information content (AvgIpc) is 2.73. The largest absolute Gasteiger partial charge is 0.487 e. The Kier molecular flexibility index (Phi) is 3.25. The highest BCUT2D eigenvalue weighted by Gasteiger charge is 2.30. The summed E-state index contributed by atoms with van der Waals surface area (Å²) in [5.74, 6) is 0.107. The van der Waals surface area contributed by atoms with E-state index < -0.39 is 5.82 Å². The molecule has 21 heavy (non-hydrogen) atoms. The maximum atomic E-state index is 13.2. The Hall–Kier alpha value is -1.87. The van der Waals surface area contributed by atoms with Crippen molar-refractivity contribution in [1.29, 1.82) is 0 Å². The summed E-state index contributed by atoms with van der Waals surface area (Å²) in [6, 6.07) is 9.37. The van der Waals surface area contributed by atoms with Gasteiger partial charge in [-0.05, 0) is 55.8 Å². The van der Waals surface area contributed by atoms with Crippen molar-refractivity contribution in [3.8, 4) is 5.75 Å². The second kappa shape index (κ2) is 4.85. The third-order valence-corrected chi connectivity index (χ3v) is 3.80. The SMILES string of the molecule is CC1(C)Cc2cc(C(=O)c3ccc(F)c(Cl)c3)ccc2O1. The second-order valence-electron chi connectivity index (χ2n) is 5.82. The molecule has 1 aliphatic heterocycles. The molecule has 2 aromatic rings. The van der Waals surface area contributed by atoms with Crippen LogP contribution in [0.3, 0.4) is 0 Å². The molecule has 108 valence electrons. The Morgan fingerprint density at radius 3 is 2.57 bits per heavy atom. The van der Waals surface area contributed by atoms with Crippen LogP contribution in [-0.4, -0.2) is 11.4 Å². The quantitative estimate of drug-likeness (QED) is 0.768. The molecule has 0 radical (unpaired) electrons. The molecular weight excluding hydrogens is 291 g/mol. The monoisotopic (exact) mass is 304 g/mol. The molecule has 0 amide bonds. The van der Waals surface area contributed by atoms with Gasteiger partial charge in [-0.3, -0.25) is 4.79 Å². The van der Waals surface area contributed by atoms with Crippen molar-refractivity contribution in [2.45, 2.75) is 25.9 Å². The van der Waals surface area contributed by atoms with Crippen LogP contribution in [0, 0.1) is 5.82 Å². The van der Waals surface area contributed by atoms with Crippen LogP contribution in [0.5, 0.6) is 5.75 Å². The van der Waals surface area contributed by atoms with Gasteiger partial charge in [0.25, 0.3) is 0 Å². The van der Waals surface area contributed by atoms with Gasteiger partial charge in [0.15, 0.2) is 5.78 Å². The van der Waals surface area contributed by atoms with Gasteiger partial charge in [-0.1, -0.05) is 11.6 Å². The maximum Gasteiger partial charge on any atom is 0.193 e. The second-order valence-corrected chi connectivity index (χ2v) is 6.23. The molecule has 0 saturated heterocycles. The van der Waals surface area contributed by atoms with Crippen LogP contribution in [-0.2, 0) is 6.42 Å². The lowest BCUT2D eigenvalue weighted by Gasteiger charge is -2.16. The van der Waals surface area contributed by atoms with E-state index in [1.54, 1.807) is 6.07 Å². The number of halogens is 2. The van der Waals surface area contributed by atoms with E-state index in [2.05, 4.69) is 0 Å². The Morgan fingerprint density at radius 2 is 1.86 bits per heavy atom. The number of benzene rings is 2. The van der Waals surface area contributed by atoms with Crippen molar-refractivity contribution in [3.05, 3.63) is 63.9 Å². The lowest BCUT2D eigenvalue weighted by atomic mass is 9.97. The molecule has 0 atom stereocenters. The maximum absolute atomic E-state index is 13.2. The third-order valence-electron chi connectivity index (χ3n) is 3.51. The Morgan fingerprint density at radius 1 is 1.19 bits per heavy atom. The summed E-state index contributed by atoms with van der Waals surface area (Å²) in [4.78, 5) is 12.4. The molecule has 0 unspecified atom stereocenters. The molecule has 0 N–H and O–H groups in total. The van der Waals surface area contributed by atoms with Crippen molar-refractivity contribution >= 4 is 17.4 Å². The topological polar surface area (TPSA) is 26.3 Å². The number of carbonyl (C=O) groups excluding carboxylic acids is 1. The van der Waals surface area contributed by atoms with Crippen LogP contribution in [0.4, 0.5) is 4.39 Å². The van der Waals surface area contributed by atoms with E-state index in [4.69, 9.17) is 16.3 Å². The van der Waals surface area contributed by atoms with E-state index in [1.165, 1.54) is 18.2 Å². The number of ketones is 1. The molecule has 2 aromatic carbocycles. The fraction of sp³-hybridized carbons (Fsp3) is 0.235. The van der Waals surface area contributed by atoms with Crippen molar-refractivity contribution in [2.75, 3.05) is 0 Å². The molecule has 2 nitrogen and oxygen atoms in total. The number of hydrogen-bond donors (Lipinski definition) is 0. The zero-order valence-electron chi connectivity index (χ0n) is 11.7. The van der Waals surface area contributed by atoms with E-state index >= 15 is 0 Å². The molecular formula is C17H14ClFO2. The minimum Gasteiger partial charge on any atom is -0.487 e. The highest BCUT2D eigenvalue weighted by atomic mass is 35.5. The number of ether oxygens (including phenoxy) is 1. The van der Waals surface area contributed by atoms with E-state index in [1.807, 2.05) is 26.0 Å². The fourth-order valence-corrected chi connectivity index (χ4v) is 2.74. The molecule has 0 fully saturated rings. The molecule has 0 saturated carbocycles. The van der Waals surface area contributed by atoms with Crippen molar-refractivity contribution < 1.29 is 13.9 Å². The normalized spacial score (nSPS) is 15.4. The van der Waals surface area contributed by atoms with Gasteiger partial charge in [0, 0.05) is 17.5 Å². The molecule has 0 spiro atoms. The van der Waals surface area contributed by atoms with Crippen LogP contribution in [0.25, 0.3) is 0 Å². The van der Waals surface area contributed by atoms with Gasteiger partial charge in [0.2, 0.25) is 0 Å². The Balaban J connectivity index is 1.95. The van der Waals surface area contributed by atoms with Crippen molar-refractivity contribution in [1.82, 2.24) is 0 Å². The third kappa shape index (κ3) is 2.66. The van der Waals surface area contributed by atoms with Gasteiger partial charge in [0.1, 0.15) is 17.2 Å². The number of rotatable bonds is 2. The highest BCUT2D eigenvalue weighted by molar-refractivity contribution is 6.31. The minimum absolute atomic E-state index is 0.0496. The van der Waals surface area contributed by atoms with Crippen LogP contribution < -0.4 is 4.74 Å². The molecule has 1 heterocycles. The summed E-state index contributed by atoms with van der Waals surface area (Å²) < 4.78 is 19.0. The van der Waals surface area contributed by atoms with Crippen LogP contribution in [0.15, 0.2) is 36.4 Å². The summed E-state index contributed by atoms with van der Waals surface area (Å²) in [5.41, 5.74) is 1.69. The first-order valence-electron chi connectivity index (χ1n) is 6.67. The van der Waals surface area contributed by atoms with Gasteiger partial charge in [-0.2, -0.15) is 0 Å². The van der Waals surface area contributed by atoms with Crippen molar-refractivity contribution in [2.24, 2.45) is 0 Å². The summed E-state index contributed by atoms with van der Waals surface area (Å²) in [7, 11) is 0. The first-order valence-corrected chi connectivity index (χ1v) is 7.05. The smallest absolute Gasteiger partial charge is 0.193 e. The lowest BCUT2D eigenvalue weighted by Crippen LogP contribution is -2.24. The van der Waals surface area contributed by atoms with E-state index in [0.717, 1.165) is 17.7 Å². The molecule has 4 heteroatoms. The molecule has 0 aliphatic carbocycles. The van der Waals surface area contributed by atoms with Crippen LogP contribution in [0.2, 0.25) is 5.02 Å². The predicted octanol–water partition coefficient (Wildman–Crippen LogP) is 4.42. The predicted molar refractivity (Wildman–Crippen MR) is 79.7 cm³/mol. The number of carbonyl (C=O) groups is 1. The van der Waals surface area contributed by atoms with E-state index in [-0.39, 0.29) is 16.4 Å². The standard InChI is InChI=1S/C17H14ClFO2/c1-17(2)9-12-7-10(4-6-15(12)21-17)16(20)11-3-5-14(19)13(18)8-11/h3-8H,9H2,1-2H3. The van der Waals surface area contributed by atoms with Crippen LogP contribution >= 0.6 is 11.6 Å². The summed E-state index contributed by atoms with van der Waals surface area (Å²) in [6.07, 6.45) is 0.758. The molecule has 3 rings (SSSR count). The summed E-state index contributed by atoms with van der Waals surface area (Å²) >= 11 is 5.73. The van der Waals surface area contributed by atoms with Gasteiger partial charge >= 0.3 is 0 Å². The molecule has 0 bridgehead atoms. The lowest BCUT2D eigenvalue weighted by molar-refractivity contribution is 0.103. The highest BCUT2D eigenvalue weighted by Crippen LogP contribution is 2.35. The van der Waals surface area contributed by atoms with Gasteiger partial charge < -0.3 is 4.74 Å². The van der Waals surface area contributed by atoms with E-state index in [9.17, 15) is 9.18 Å². The Labute approximate surface area is 127 Å². The zero-order valence-corrected chi connectivity index (χ0v) is 12.5. The van der Waals surface area contributed by atoms with Crippen LogP contribution in [0.1, 0.15) is 35.3 Å². The van der Waals surface area contributed by atoms with Gasteiger partial charge in [-0.15, -0.1) is 0 Å². The number of fused-ring (bicyclic) bond motifs is 1. The molecule has 0 aromatic heterocycles. The summed E-state index contributed by atoms with van der Waals surface area (Å²) in [6.45, 7) is 4.02. The first-order chi connectivity index (χ1) is 9.85. The number of hydrogen-bond acceptors (Lipinski definition) is 2. The van der Waals surface area contributed by atoms with Gasteiger partial charge in [-0.25, -0.2) is 4.39 Å². The minimum atomic E-state index is -0.530.